The Hall–Kier alpha value is -0.610. The second-order valence-electron chi connectivity index (χ2n) is 4.31. The molecular formula is C11H22N2O2. The van der Waals surface area contributed by atoms with Crippen LogP contribution in [0.15, 0.2) is 0 Å². The first-order chi connectivity index (χ1) is 7.20. The summed E-state index contributed by atoms with van der Waals surface area (Å²) in [5, 5.41) is 11.8. The summed E-state index contributed by atoms with van der Waals surface area (Å²) in [7, 11) is 2.17. The first-order valence-corrected chi connectivity index (χ1v) is 5.83. The average Bonchev–Trinajstić information content (AvgIpc) is 2.98. The number of aliphatic carboxylic acids is 1. The van der Waals surface area contributed by atoms with Crippen LogP contribution in [0.1, 0.15) is 32.1 Å². The van der Waals surface area contributed by atoms with Crippen LogP contribution in [0.3, 0.4) is 0 Å². The van der Waals surface area contributed by atoms with Crippen LogP contribution in [-0.4, -0.2) is 48.7 Å². The number of likely N-dealkylation sites (N-methyl/N-ethyl adjacent to an activating group) is 1. The highest BCUT2D eigenvalue weighted by Crippen LogP contribution is 2.24. The normalized spacial score (nSPS) is 15.9. The molecular weight excluding hydrogens is 192 g/mol. The molecule has 0 atom stereocenters. The molecule has 0 aliphatic heterocycles. The summed E-state index contributed by atoms with van der Waals surface area (Å²) >= 11 is 0. The van der Waals surface area contributed by atoms with Crippen LogP contribution >= 0.6 is 0 Å². The molecule has 2 N–H and O–H groups in total. The maximum atomic E-state index is 10.2. The quantitative estimate of drug-likeness (QED) is 0.561. The van der Waals surface area contributed by atoms with Crippen molar-refractivity contribution in [2.45, 2.75) is 38.1 Å². The number of carboxylic acids is 1. The number of hydrogen-bond donors (Lipinski definition) is 2. The number of unbranched alkanes of at least 4 members (excludes halogenated alkanes) is 1. The zero-order valence-corrected chi connectivity index (χ0v) is 9.54. The third-order valence-electron chi connectivity index (χ3n) is 2.81. The Morgan fingerprint density at radius 3 is 2.73 bits per heavy atom. The third-order valence-corrected chi connectivity index (χ3v) is 2.81. The summed E-state index contributed by atoms with van der Waals surface area (Å²) in [4.78, 5) is 12.6. The van der Waals surface area contributed by atoms with E-state index in [-0.39, 0.29) is 0 Å². The number of nitrogens with zero attached hydrogens (tertiary/aromatic N) is 1. The molecule has 0 aromatic carbocycles. The predicted octanol–water partition coefficient (Wildman–Crippen LogP) is 0.925. The largest absolute Gasteiger partial charge is 0.481 e. The van der Waals surface area contributed by atoms with E-state index in [1.165, 1.54) is 12.8 Å². The van der Waals surface area contributed by atoms with Crippen molar-refractivity contribution in [3.8, 4) is 0 Å². The van der Waals surface area contributed by atoms with Gasteiger partial charge in [-0.2, -0.15) is 0 Å². The van der Waals surface area contributed by atoms with Crippen LogP contribution in [-0.2, 0) is 4.79 Å². The van der Waals surface area contributed by atoms with E-state index >= 15 is 0 Å². The summed E-state index contributed by atoms with van der Waals surface area (Å²) in [6.07, 6.45) is 4.74. The van der Waals surface area contributed by atoms with Crippen LogP contribution in [0, 0.1) is 0 Å². The maximum absolute atomic E-state index is 10.2. The molecule has 1 aliphatic carbocycles. The van der Waals surface area contributed by atoms with E-state index in [1.54, 1.807) is 0 Å². The van der Waals surface area contributed by atoms with Crippen LogP contribution in [0.25, 0.3) is 0 Å². The molecule has 15 heavy (non-hydrogen) atoms. The van der Waals surface area contributed by atoms with Gasteiger partial charge in [0, 0.05) is 25.6 Å². The Kier molecular flexibility index (Phi) is 5.65. The summed E-state index contributed by atoms with van der Waals surface area (Å²) in [5.74, 6) is -0.691. The Balaban J connectivity index is 1.78. The molecule has 4 heteroatoms. The van der Waals surface area contributed by atoms with E-state index in [4.69, 9.17) is 5.11 Å². The van der Waals surface area contributed by atoms with E-state index in [1.807, 2.05) is 0 Å². The topological polar surface area (TPSA) is 52.6 Å². The number of carboxylic acid groups (broad SMARTS) is 1. The van der Waals surface area contributed by atoms with E-state index in [0.29, 0.717) is 6.42 Å². The number of rotatable bonds is 9. The minimum absolute atomic E-state index is 0.295. The minimum Gasteiger partial charge on any atom is -0.481 e. The van der Waals surface area contributed by atoms with Crippen LogP contribution in [0.4, 0.5) is 0 Å². The van der Waals surface area contributed by atoms with Gasteiger partial charge in [0.15, 0.2) is 0 Å². The first kappa shape index (κ1) is 12.5. The van der Waals surface area contributed by atoms with Gasteiger partial charge in [0.1, 0.15) is 0 Å². The lowest BCUT2D eigenvalue weighted by Gasteiger charge is -2.15. The lowest BCUT2D eigenvalue weighted by Crippen LogP contribution is -2.31. The van der Waals surface area contributed by atoms with Gasteiger partial charge in [-0.05, 0) is 39.3 Å². The lowest BCUT2D eigenvalue weighted by atomic mass is 10.2. The Morgan fingerprint density at radius 2 is 2.13 bits per heavy atom. The second-order valence-corrected chi connectivity index (χ2v) is 4.31. The van der Waals surface area contributed by atoms with Gasteiger partial charge >= 0.3 is 5.97 Å². The third kappa shape index (κ3) is 6.47. The summed E-state index contributed by atoms with van der Waals surface area (Å²) in [5.41, 5.74) is 0. The van der Waals surface area contributed by atoms with E-state index in [9.17, 15) is 4.79 Å². The fourth-order valence-corrected chi connectivity index (χ4v) is 1.60. The molecule has 0 radical (unpaired) electrons. The number of hydrogen-bond acceptors (Lipinski definition) is 3. The van der Waals surface area contributed by atoms with Crippen molar-refractivity contribution in [1.29, 1.82) is 0 Å². The highest BCUT2D eigenvalue weighted by Gasteiger charge is 2.25. The Morgan fingerprint density at radius 1 is 1.40 bits per heavy atom. The van der Waals surface area contributed by atoms with Gasteiger partial charge in [-0.15, -0.1) is 0 Å². The highest BCUT2D eigenvalue weighted by atomic mass is 16.4. The smallest absolute Gasteiger partial charge is 0.303 e. The van der Waals surface area contributed by atoms with Gasteiger partial charge in [-0.3, -0.25) is 4.79 Å². The SMILES string of the molecule is CN(CCNCCCCC(=O)O)C1CC1. The van der Waals surface area contributed by atoms with Gasteiger partial charge in [-0.25, -0.2) is 0 Å². The molecule has 1 rings (SSSR count). The van der Waals surface area contributed by atoms with Gasteiger partial charge < -0.3 is 15.3 Å². The fourth-order valence-electron chi connectivity index (χ4n) is 1.60. The van der Waals surface area contributed by atoms with Crippen molar-refractivity contribution in [3.05, 3.63) is 0 Å². The monoisotopic (exact) mass is 214 g/mol. The molecule has 4 nitrogen and oxygen atoms in total. The molecule has 1 aliphatic rings. The summed E-state index contributed by atoms with van der Waals surface area (Å²) in [6.45, 7) is 3.05. The van der Waals surface area contributed by atoms with E-state index in [2.05, 4.69) is 17.3 Å². The van der Waals surface area contributed by atoms with Crippen molar-refractivity contribution < 1.29 is 9.90 Å². The van der Waals surface area contributed by atoms with Crippen LogP contribution in [0.2, 0.25) is 0 Å². The maximum Gasteiger partial charge on any atom is 0.303 e. The average molecular weight is 214 g/mol. The fraction of sp³-hybridized carbons (Fsp3) is 0.909. The molecule has 0 unspecified atom stereocenters. The summed E-state index contributed by atoms with van der Waals surface area (Å²) < 4.78 is 0. The first-order valence-electron chi connectivity index (χ1n) is 5.83. The molecule has 1 fully saturated rings. The van der Waals surface area contributed by atoms with Crippen LogP contribution < -0.4 is 5.32 Å². The molecule has 0 amide bonds. The molecule has 0 aromatic rings. The molecule has 1 saturated carbocycles. The molecule has 0 heterocycles. The van der Waals surface area contributed by atoms with Gasteiger partial charge in [0.05, 0.1) is 0 Å². The lowest BCUT2D eigenvalue weighted by molar-refractivity contribution is -0.137. The van der Waals surface area contributed by atoms with Crippen LogP contribution in [0.5, 0.6) is 0 Å². The second kappa shape index (κ2) is 6.80. The van der Waals surface area contributed by atoms with Gasteiger partial charge in [0.25, 0.3) is 0 Å². The van der Waals surface area contributed by atoms with Gasteiger partial charge in [-0.1, -0.05) is 0 Å². The molecule has 0 aromatic heterocycles. The zero-order chi connectivity index (χ0) is 11.1. The van der Waals surface area contributed by atoms with E-state index in [0.717, 1.165) is 38.5 Å². The predicted molar refractivity (Wildman–Crippen MR) is 60.0 cm³/mol. The number of carbonyl (C=O) groups is 1. The van der Waals surface area contributed by atoms with Crippen molar-refractivity contribution in [3.63, 3.8) is 0 Å². The standard InChI is InChI=1S/C11H22N2O2/c1-13(10-5-6-10)9-8-12-7-3-2-4-11(14)15/h10,12H,2-9H2,1H3,(H,14,15). The van der Waals surface area contributed by atoms with Crippen molar-refractivity contribution in [2.24, 2.45) is 0 Å². The Bertz CT molecular complexity index is 193. The number of nitrogens with one attached hydrogen (secondary N) is 1. The van der Waals surface area contributed by atoms with Gasteiger partial charge in [0.2, 0.25) is 0 Å². The molecule has 0 bridgehead atoms. The van der Waals surface area contributed by atoms with Crippen molar-refractivity contribution in [1.82, 2.24) is 10.2 Å². The van der Waals surface area contributed by atoms with Crippen molar-refractivity contribution >= 4 is 5.97 Å². The van der Waals surface area contributed by atoms with Crippen molar-refractivity contribution in [2.75, 3.05) is 26.7 Å². The summed E-state index contributed by atoms with van der Waals surface area (Å²) in [6, 6.07) is 0.832. The molecule has 0 saturated heterocycles. The minimum atomic E-state index is -0.691. The molecule has 0 spiro atoms. The van der Waals surface area contributed by atoms with E-state index < -0.39 is 5.97 Å². The zero-order valence-electron chi connectivity index (χ0n) is 9.54. The Labute approximate surface area is 91.6 Å². The highest BCUT2D eigenvalue weighted by molar-refractivity contribution is 5.66. The molecule has 88 valence electrons.